The van der Waals surface area contributed by atoms with Crippen LogP contribution in [0.1, 0.15) is 29.4 Å². The molecule has 1 aromatic heterocycles. The van der Waals surface area contributed by atoms with Crippen LogP contribution in [-0.2, 0) is 20.1 Å². The molecule has 1 aromatic carbocycles. The van der Waals surface area contributed by atoms with Gasteiger partial charge in [-0.2, -0.15) is 5.10 Å². The van der Waals surface area contributed by atoms with E-state index in [1.807, 2.05) is 43.9 Å². The van der Waals surface area contributed by atoms with E-state index in [0.29, 0.717) is 13.1 Å². The molecule has 8 heteroatoms. The van der Waals surface area contributed by atoms with Gasteiger partial charge in [-0.3, -0.25) is 4.68 Å². The molecule has 7 nitrogen and oxygen atoms in total. The topological polar surface area (TPSA) is 63.9 Å². The van der Waals surface area contributed by atoms with Crippen LogP contribution in [0.4, 0.5) is 0 Å². The normalized spacial score (nSPS) is 11.0. The van der Waals surface area contributed by atoms with E-state index in [2.05, 4.69) is 29.2 Å². The van der Waals surface area contributed by atoms with Crippen molar-refractivity contribution in [3.8, 4) is 11.5 Å². The lowest BCUT2D eigenvalue weighted by molar-refractivity contribution is 0.382. The van der Waals surface area contributed by atoms with E-state index in [4.69, 9.17) is 14.5 Å². The molecular formula is C20H32IN5O2. The Morgan fingerprint density at radius 3 is 2.50 bits per heavy atom. The lowest BCUT2D eigenvalue weighted by atomic mass is 10.2. The third kappa shape index (κ3) is 5.76. The number of aromatic nitrogens is 2. The number of benzene rings is 1. The Labute approximate surface area is 185 Å². The molecule has 0 bridgehead atoms. The van der Waals surface area contributed by atoms with Crippen molar-refractivity contribution < 1.29 is 9.47 Å². The van der Waals surface area contributed by atoms with Crippen molar-refractivity contribution in [3.05, 3.63) is 40.7 Å². The number of hydrogen-bond donors (Lipinski definition) is 1. The number of ether oxygens (including phenoxy) is 2. The van der Waals surface area contributed by atoms with E-state index in [-0.39, 0.29) is 24.0 Å². The molecule has 0 saturated carbocycles. The number of aryl methyl sites for hydroxylation is 2. The summed E-state index contributed by atoms with van der Waals surface area (Å²) in [6.07, 6.45) is 0. The second kappa shape index (κ2) is 11.1. The fourth-order valence-corrected chi connectivity index (χ4v) is 2.98. The summed E-state index contributed by atoms with van der Waals surface area (Å²) in [5.74, 6) is 2.43. The molecular weight excluding hydrogens is 469 g/mol. The van der Waals surface area contributed by atoms with Gasteiger partial charge in [0.25, 0.3) is 0 Å². The predicted molar refractivity (Wildman–Crippen MR) is 124 cm³/mol. The summed E-state index contributed by atoms with van der Waals surface area (Å²) in [6.45, 7) is 8.23. The maximum Gasteiger partial charge on any atom is 0.194 e. The van der Waals surface area contributed by atoms with Crippen LogP contribution in [0.25, 0.3) is 0 Å². The zero-order chi connectivity index (χ0) is 20.0. The van der Waals surface area contributed by atoms with Gasteiger partial charge < -0.3 is 19.7 Å². The van der Waals surface area contributed by atoms with Gasteiger partial charge in [-0.1, -0.05) is 0 Å². The highest BCUT2D eigenvalue weighted by molar-refractivity contribution is 14.0. The summed E-state index contributed by atoms with van der Waals surface area (Å²) in [5.41, 5.74) is 4.41. The molecule has 0 aliphatic heterocycles. The quantitative estimate of drug-likeness (QED) is 0.359. The van der Waals surface area contributed by atoms with Crippen LogP contribution in [0.3, 0.4) is 0 Å². The monoisotopic (exact) mass is 501 g/mol. The minimum atomic E-state index is 0. The molecule has 28 heavy (non-hydrogen) atoms. The smallest absolute Gasteiger partial charge is 0.194 e. The minimum Gasteiger partial charge on any atom is -0.497 e. The summed E-state index contributed by atoms with van der Waals surface area (Å²) < 4.78 is 12.7. The van der Waals surface area contributed by atoms with E-state index in [0.717, 1.165) is 41.0 Å². The van der Waals surface area contributed by atoms with Gasteiger partial charge in [0.2, 0.25) is 0 Å². The average Bonchev–Trinajstić information content (AvgIpc) is 2.90. The van der Waals surface area contributed by atoms with Gasteiger partial charge in [-0.05, 0) is 32.9 Å². The number of nitrogens with zero attached hydrogens (tertiary/aromatic N) is 4. The average molecular weight is 501 g/mol. The first-order chi connectivity index (χ1) is 12.9. The molecule has 0 unspecified atom stereocenters. The van der Waals surface area contributed by atoms with Crippen LogP contribution in [0.2, 0.25) is 0 Å². The maximum atomic E-state index is 5.51. The van der Waals surface area contributed by atoms with Gasteiger partial charge in [-0.15, -0.1) is 24.0 Å². The molecule has 0 fully saturated rings. The van der Waals surface area contributed by atoms with Gasteiger partial charge >= 0.3 is 0 Å². The van der Waals surface area contributed by atoms with Crippen LogP contribution < -0.4 is 14.8 Å². The number of rotatable bonds is 7. The van der Waals surface area contributed by atoms with E-state index < -0.39 is 0 Å². The highest BCUT2D eigenvalue weighted by Crippen LogP contribution is 2.25. The third-order valence-corrected chi connectivity index (χ3v) is 4.64. The fraction of sp³-hybridized carbons (Fsp3) is 0.500. The Morgan fingerprint density at radius 1 is 1.25 bits per heavy atom. The largest absolute Gasteiger partial charge is 0.497 e. The molecule has 0 radical (unpaired) electrons. The summed E-state index contributed by atoms with van der Waals surface area (Å²) in [5, 5.41) is 7.83. The predicted octanol–water partition coefficient (Wildman–Crippen LogP) is 3.27. The van der Waals surface area contributed by atoms with Crippen molar-refractivity contribution >= 4 is 29.9 Å². The molecule has 2 rings (SSSR count). The van der Waals surface area contributed by atoms with Crippen molar-refractivity contribution in [3.63, 3.8) is 0 Å². The van der Waals surface area contributed by atoms with Gasteiger partial charge in [0, 0.05) is 50.1 Å². The van der Waals surface area contributed by atoms with Gasteiger partial charge in [0.1, 0.15) is 11.5 Å². The number of halogens is 1. The summed E-state index contributed by atoms with van der Waals surface area (Å²) in [7, 11) is 7.31. The van der Waals surface area contributed by atoms with Crippen LogP contribution in [0, 0.1) is 13.8 Å². The van der Waals surface area contributed by atoms with Crippen LogP contribution >= 0.6 is 24.0 Å². The first-order valence-corrected chi connectivity index (χ1v) is 9.10. The molecule has 156 valence electrons. The highest BCUT2D eigenvalue weighted by Gasteiger charge is 2.13. The number of guanidine groups is 1. The van der Waals surface area contributed by atoms with E-state index in [1.54, 1.807) is 14.2 Å². The minimum absolute atomic E-state index is 0. The van der Waals surface area contributed by atoms with Crippen molar-refractivity contribution in [1.29, 1.82) is 0 Å². The summed E-state index contributed by atoms with van der Waals surface area (Å²) in [6, 6.07) is 5.86. The number of aliphatic imine (C=N–C) groups is 1. The SMILES string of the molecule is CCNC(=NCc1c(C)nn(C)c1C)N(C)Cc1ccc(OC)cc1OC.I. The van der Waals surface area contributed by atoms with Crippen molar-refractivity contribution in [2.45, 2.75) is 33.9 Å². The van der Waals surface area contributed by atoms with Crippen molar-refractivity contribution in [1.82, 2.24) is 20.0 Å². The first kappa shape index (κ1) is 24.1. The van der Waals surface area contributed by atoms with Gasteiger partial charge in [-0.25, -0.2) is 4.99 Å². The lowest BCUT2D eigenvalue weighted by Gasteiger charge is -2.23. The molecule has 1 N–H and O–H groups in total. The van der Waals surface area contributed by atoms with Crippen molar-refractivity contribution in [2.24, 2.45) is 12.0 Å². The van der Waals surface area contributed by atoms with E-state index in [1.165, 1.54) is 5.56 Å². The van der Waals surface area contributed by atoms with Crippen LogP contribution in [0.15, 0.2) is 23.2 Å². The van der Waals surface area contributed by atoms with E-state index in [9.17, 15) is 0 Å². The summed E-state index contributed by atoms with van der Waals surface area (Å²) in [4.78, 5) is 6.91. The molecule has 0 amide bonds. The Kier molecular flexibility index (Phi) is 9.57. The second-order valence-corrected chi connectivity index (χ2v) is 6.48. The van der Waals surface area contributed by atoms with Gasteiger partial charge in [0.05, 0.1) is 26.5 Å². The standard InChI is InChI=1S/C20H31N5O2.HI/c1-8-21-20(22-12-18-14(2)23-25(5)15(18)3)24(4)13-16-9-10-17(26-6)11-19(16)27-7;/h9-11H,8,12-13H2,1-7H3,(H,21,22);1H. The molecule has 2 aromatic rings. The van der Waals surface area contributed by atoms with Crippen LogP contribution in [-0.4, -0.2) is 48.5 Å². The molecule has 0 spiro atoms. The molecule has 0 atom stereocenters. The van der Waals surface area contributed by atoms with Crippen LogP contribution in [0.5, 0.6) is 11.5 Å². The molecule has 0 saturated heterocycles. The highest BCUT2D eigenvalue weighted by atomic mass is 127. The molecule has 0 aliphatic rings. The summed E-state index contributed by atoms with van der Waals surface area (Å²) >= 11 is 0. The zero-order valence-corrected chi connectivity index (χ0v) is 20.2. The maximum absolute atomic E-state index is 5.51. The fourth-order valence-electron chi connectivity index (χ4n) is 2.98. The zero-order valence-electron chi connectivity index (χ0n) is 17.9. The Hall–Kier alpha value is -1.97. The Morgan fingerprint density at radius 2 is 1.96 bits per heavy atom. The van der Waals surface area contributed by atoms with Crippen molar-refractivity contribution in [2.75, 3.05) is 27.8 Å². The third-order valence-electron chi connectivity index (χ3n) is 4.64. The van der Waals surface area contributed by atoms with E-state index >= 15 is 0 Å². The van der Waals surface area contributed by atoms with Gasteiger partial charge in [0.15, 0.2) is 5.96 Å². The Bertz CT molecular complexity index is 804. The molecule has 0 aliphatic carbocycles. The second-order valence-electron chi connectivity index (χ2n) is 6.48. The number of nitrogens with one attached hydrogen (secondary N) is 1. The Balaban J connectivity index is 0.00000392. The number of hydrogen-bond acceptors (Lipinski definition) is 4. The molecule has 1 heterocycles. The first-order valence-electron chi connectivity index (χ1n) is 9.10. The lowest BCUT2D eigenvalue weighted by Crippen LogP contribution is -2.38. The number of methoxy groups -OCH3 is 2.